The summed E-state index contributed by atoms with van der Waals surface area (Å²) in [4.78, 5) is 25.7. The van der Waals surface area contributed by atoms with Crippen LogP contribution in [0.4, 0.5) is 9.18 Å². The van der Waals surface area contributed by atoms with E-state index in [4.69, 9.17) is 0 Å². The van der Waals surface area contributed by atoms with E-state index in [1.807, 2.05) is 48.2 Å². The normalized spacial score (nSPS) is 10.6. The number of carbonyl (C=O) groups excluding carboxylic acids is 2. The highest BCUT2D eigenvalue weighted by atomic mass is 19.1. The van der Waals surface area contributed by atoms with Gasteiger partial charge in [0.2, 0.25) is 5.91 Å². The van der Waals surface area contributed by atoms with Gasteiger partial charge in [-0.15, -0.1) is 0 Å². The van der Waals surface area contributed by atoms with Crippen LogP contribution in [0.25, 0.3) is 0 Å². The molecule has 0 aliphatic carbocycles. The van der Waals surface area contributed by atoms with E-state index in [-0.39, 0.29) is 18.1 Å². The van der Waals surface area contributed by atoms with Crippen LogP contribution < -0.4 is 10.6 Å². The van der Waals surface area contributed by atoms with Gasteiger partial charge in [-0.2, -0.15) is 0 Å². The van der Waals surface area contributed by atoms with E-state index in [9.17, 15) is 14.0 Å². The summed E-state index contributed by atoms with van der Waals surface area (Å²) in [5.74, 6) is -0.611. The van der Waals surface area contributed by atoms with Crippen LogP contribution in [-0.4, -0.2) is 29.9 Å². The largest absolute Gasteiger partial charge is 0.334 e. The van der Waals surface area contributed by atoms with E-state index in [0.29, 0.717) is 19.6 Å². The summed E-state index contributed by atoms with van der Waals surface area (Å²) < 4.78 is 13.2. The summed E-state index contributed by atoms with van der Waals surface area (Å²) in [7, 11) is 0. The SMILES string of the molecule is CCN(CCC(=O)NC(=O)NCc1ccccc1)Cc1cccc(F)c1. The number of hydrogen-bond donors (Lipinski definition) is 2. The monoisotopic (exact) mass is 357 g/mol. The fourth-order valence-electron chi connectivity index (χ4n) is 2.51. The Balaban J connectivity index is 1.71. The molecule has 2 aromatic rings. The van der Waals surface area contributed by atoms with E-state index in [1.54, 1.807) is 6.07 Å². The second kappa shape index (κ2) is 10.3. The molecule has 0 spiro atoms. The number of carbonyl (C=O) groups is 2. The summed E-state index contributed by atoms with van der Waals surface area (Å²) in [5.41, 5.74) is 1.82. The molecule has 0 saturated heterocycles. The van der Waals surface area contributed by atoms with Crippen molar-refractivity contribution < 1.29 is 14.0 Å². The maximum absolute atomic E-state index is 13.2. The number of halogens is 1. The third-order valence-corrected chi connectivity index (χ3v) is 3.95. The number of nitrogens with zero attached hydrogens (tertiary/aromatic N) is 1. The van der Waals surface area contributed by atoms with Crippen molar-refractivity contribution in [1.29, 1.82) is 0 Å². The van der Waals surface area contributed by atoms with Gasteiger partial charge >= 0.3 is 6.03 Å². The van der Waals surface area contributed by atoms with Gasteiger partial charge in [0.1, 0.15) is 5.82 Å². The zero-order chi connectivity index (χ0) is 18.8. The average Bonchev–Trinajstić information content (AvgIpc) is 2.64. The van der Waals surface area contributed by atoms with Crippen LogP contribution in [0.2, 0.25) is 0 Å². The Morgan fingerprint density at radius 2 is 1.77 bits per heavy atom. The number of amides is 3. The van der Waals surface area contributed by atoms with Gasteiger partial charge in [0.05, 0.1) is 0 Å². The van der Waals surface area contributed by atoms with Gasteiger partial charge in [-0.05, 0) is 29.8 Å². The molecule has 0 atom stereocenters. The van der Waals surface area contributed by atoms with Crippen LogP contribution in [0.1, 0.15) is 24.5 Å². The Kier molecular flexibility index (Phi) is 7.76. The molecule has 3 amide bonds. The van der Waals surface area contributed by atoms with Gasteiger partial charge in [0.15, 0.2) is 0 Å². The Morgan fingerprint density at radius 1 is 1.04 bits per heavy atom. The highest BCUT2D eigenvalue weighted by Gasteiger charge is 2.11. The lowest BCUT2D eigenvalue weighted by molar-refractivity contribution is -0.120. The van der Waals surface area contributed by atoms with E-state index in [2.05, 4.69) is 10.6 Å². The van der Waals surface area contributed by atoms with Crippen LogP contribution in [0.15, 0.2) is 54.6 Å². The topological polar surface area (TPSA) is 61.4 Å². The van der Waals surface area contributed by atoms with Gasteiger partial charge in [0, 0.05) is 26.1 Å². The van der Waals surface area contributed by atoms with Crippen molar-refractivity contribution in [2.75, 3.05) is 13.1 Å². The lowest BCUT2D eigenvalue weighted by atomic mass is 10.2. The maximum atomic E-state index is 13.2. The van der Waals surface area contributed by atoms with Crippen molar-refractivity contribution >= 4 is 11.9 Å². The highest BCUT2D eigenvalue weighted by molar-refractivity contribution is 5.94. The van der Waals surface area contributed by atoms with Gasteiger partial charge in [-0.25, -0.2) is 9.18 Å². The number of benzene rings is 2. The molecule has 0 unspecified atom stereocenters. The lowest BCUT2D eigenvalue weighted by Gasteiger charge is -2.20. The lowest BCUT2D eigenvalue weighted by Crippen LogP contribution is -2.40. The van der Waals surface area contributed by atoms with Crippen molar-refractivity contribution in [3.63, 3.8) is 0 Å². The quantitative estimate of drug-likeness (QED) is 0.763. The average molecular weight is 357 g/mol. The summed E-state index contributed by atoms with van der Waals surface area (Å²) in [6.45, 7) is 4.11. The molecule has 5 nitrogen and oxygen atoms in total. The number of rotatable bonds is 8. The van der Waals surface area contributed by atoms with E-state index in [0.717, 1.165) is 17.7 Å². The standard InChI is InChI=1S/C20H24FN3O2/c1-2-24(15-17-9-6-10-18(21)13-17)12-11-19(25)23-20(26)22-14-16-7-4-3-5-8-16/h3-10,13H,2,11-12,14-15H2,1H3,(H2,22,23,25,26). The van der Waals surface area contributed by atoms with Crippen molar-refractivity contribution in [1.82, 2.24) is 15.5 Å². The molecule has 0 aliphatic heterocycles. The predicted molar refractivity (Wildman–Crippen MR) is 98.8 cm³/mol. The Labute approximate surface area is 153 Å². The Hall–Kier alpha value is -2.73. The number of imide groups is 1. The van der Waals surface area contributed by atoms with Crippen LogP contribution in [0, 0.1) is 5.82 Å². The minimum Gasteiger partial charge on any atom is -0.334 e. The molecule has 2 rings (SSSR count). The second-order valence-electron chi connectivity index (χ2n) is 5.97. The molecule has 0 fully saturated rings. The van der Waals surface area contributed by atoms with E-state index >= 15 is 0 Å². The van der Waals surface area contributed by atoms with Crippen molar-refractivity contribution in [2.45, 2.75) is 26.4 Å². The first-order chi connectivity index (χ1) is 12.6. The van der Waals surface area contributed by atoms with Crippen molar-refractivity contribution in [3.05, 3.63) is 71.5 Å². The molecule has 2 N–H and O–H groups in total. The van der Waals surface area contributed by atoms with Gasteiger partial charge in [0.25, 0.3) is 0 Å². The molecule has 0 aromatic heterocycles. The second-order valence-corrected chi connectivity index (χ2v) is 5.97. The molecule has 0 heterocycles. The fourth-order valence-corrected chi connectivity index (χ4v) is 2.51. The first kappa shape index (κ1) is 19.6. The van der Waals surface area contributed by atoms with Gasteiger partial charge in [-0.3, -0.25) is 15.0 Å². The maximum Gasteiger partial charge on any atom is 0.321 e. The van der Waals surface area contributed by atoms with Crippen LogP contribution >= 0.6 is 0 Å². The Morgan fingerprint density at radius 3 is 2.46 bits per heavy atom. The molecule has 0 radical (unpaired) electrons. The molecular weight excluding hydrogens is 333 g/mol. The number of nitrogens with one attached hydrogen (secondary N) is 2. The molecule has 0 aliphatic rings. The minimum atomic E-state index is -0.507. The molecule has 138 valence electrons. The zero-order valence-electron chi connectivity index (χ0n) is 14.9. The number of urea groups is 1. The predicted octanol–water partition coefficient (Wildman–Crippen LogP) is 3.06. The summed E-state index contributed by atoms with van der Waals surface area (Å²) in [6.07, 6.45) is 0.196. The molecule has 0 bridgehead atoms. The van der Waals surface area contributed by atoms with Crippen LogP contribution in [0.3, 0.4) is 0 Å². The van der Waals surface area contributed by atoms with Gasteiger partial charge in [-0.1, -0.05) is 49.4 Å². The summed E-state index contributed by atoms with van der Waals surface area (Å²) in [6, 6.07) is 15.4. The fraction of sp³-hybridized carbons (Fsp3) is 0.300. The summed E-state index contributed by atoms with van der Waals surface area (Å²) >= 11 is 0. The van der Waals surface area contributed by atoms with Crippen LogP contribution in [0.5, 0.6) is 0 Å². The molecule has 6 heteroatoms. The minimum absolute atomic E-state index is 0.196. The first-order valence-electron chi connectivity index (χ1n) is 8.65. The smallest absolute Gasteiger partial charge is 0.321 e. The first-order valence-corrected chi connectivity index (χ1v) is 8.65. The zero-order valence-corrected chi connectivity index (χ0v) is 14.9. The highest BCUT2D eigenvalue weighted by Crippen LogP contribution is 2.07. The molecule has 0 saturated carbocycles. The molecule has 2 aromatic carbocycles. The molecule has 26 heavy (non-hydrogen) atoms. The van der Waals surface area contributed by atoms with Crippen molar-refractivity contribution in [2.24, 2.45) is 0 Å². The molecular formula is C20H24FN3O2. The number of hydrogen-bond acceptors (Lipinski definition) is 3. The van der Waals surface area contributed by atoms with E-state index < -0.39 is 6.03 Å². The third-order valence-electron chi connectivity index (χ3n) is 3.95. The Bertz CT molecular complexity index is 722. The van der Waals surface area contributed by atoms with Gasteiger partial charge < -0.3 is 5.32 Å². The van der Waals surface area contributed by atoms with E-state index in [1.165, 1.54) is 12.1 Å². The van der Waals surface area contributed by atoms with Crippen molar-refractivity contribution in [3.8, 4) is 0 Å². The van der Waals surface area contributed by atoms with Crippen LogP contribution in [-0.2, 0) is 17.9 Å². The summed E-state index contributed by atoms with van der Waals surface area (Å²) in [5, 5.41) is 4.98. The third kappa shape index (κ3) is 7.03.